The molecule has 1 aliphatic carbocycles. The highest BCUT2D eigenvalue weighted by atomic mass is 32.3. The highest BCUT2D eigenvalue weighted by Gasteiger charge is 2.39. The summed E-state index contributed by atoms with van der Waals surface area (Å²) in [5.74, 6) is 0.295. The van der Waals surface area contributed by atoms with Gasteiger partial charge in [0.2, 0.25) is 10.0 Å². The molecule has 0 spiro atoms. The SMILES string of the molecule is CS(=O)(=O)CS(=O)(=O)N(CC1CCCNC1)C1CC1. The number of hydrogen-bond donors (Lipinski definition) is 1. The van der Waals surface area contributed by atoms with Crippen molar-refractivity contribution in [2.75, 3.05) is 31.0 Å². The Kier molecular flexibility index (Phi) is 4.54. The van der Waals surface area contributed by atoms with Crippen LogP contribution in [0.5, 0.6) is 0 Å². The van der Waals surface area contributed by atoms with Gasteiger partial charge < -0.3 is 5.32 Å². The molecule has 19 heavy (non-hydrogen) atoms. The second-order valence-electron chi connectivity index (χ2n) is 5.67. The van der Waals surface area contributed by atoms with E-state index in [2.05, 4.69) is 5.32 Å². The monoisotopic (exact) mass is 310 g/mol. The number of sulfone groups is 1. The number of piperidine rings is 1. The molecule has 2 fully saturated rings. The zero-order valence-electron chi connectivity index (χ0n) is 11.2. The molecule has 0 radical (unpaired) electrons. The van der Waals surface area contributed by atoms with Gasteiger partial charge >= 0.3 is 0 Å². The van der Waals surface area contributed by atoms with Gasteiger partial charge in [0.25, 0.3) is 0 Å². The molecule has 1 N–H and O–H groups in total. The molecule has 0 amide bonds. The Balaban J connectivity index is 2.06. The van der Waals surface area contributed by atoms with Crippen molar-refractivity contribution >= 4 is 19.9 Å². The Morgan fingerprint density at radius 1 is 1.16 bits per heavy atom. The quantitative estimate of drug-likeness (QED) is 0.733. The smallest absolute Gasteiger partial charge is 0.228 e. The molecule has 0 aromatic rings. The number of sulfonamides is 1. The van der Waals surface area contributed by atoms with Gasteiger partial charge in [0.15, 0.2) is 14.9 Å². The minimum absolute atomic E-state index is 0.0219. The van der Waals surface area contributed by atoms with Gasteiger partial charge in [-0.05, 0) is 44.7 Å². The molecule has 1 atom stereocenters. The molecule has 2 rings (SSSR count). The first-order valence-electron chi connectivity index (χ1n) is 6.66. The molecule has 0 bridgehead atoms. The molecule has 0 aromatic heterocycles. The van der Waals surface area contributed by atoms with Crippen molar-refractivity contribution < 1.29 is 16.8 Å². The van der Waals surface area contributed by atoms with E-state index in [0.29, 0.717) is 12.5 Å². The van der Waals surface area contributed by atoms with Crippen LogP contribution in [0, 0.1) is 5.92 Å². The molecule has 1 unspecified atom stereocenters. The van der Waals surface area contributed by atoms with Crippen LogP contribution < -0.4 is 5.32 Å². The van der Waals surface area contributed by atoms with Crippen LogP contribution in [-0.4, -0.2) is 58.2 Å². The van der Waals surface area contributed by atoms with E-state index >= 15 is 0 Å². The summed E-state index contributed by atoms with van der Waals surface area (Å²) in [6.45, 7) is 2.25. The molecule has 0 aromatic carbocycles. The average Bonchev–Trinajstić information content (AvgIpc) is 3.07. The van der Waals surface area contributed by atoms with Crippen LogP contribution in [-0.2, 0) is 19.9 Å². The summed E-state index contributed by atoms with van der Waals surface area (Å²) in [5.41, 5.74) is 0. The summed E-state index contributed by atoms with van der Waals surface area (Å²) in [5, 5.41) is 2.49. The van der Waals surface area contributed by atoms with Crippen LogP contribution in [0.3, 0.4) is 0 Å². The number of hydrogen-bond acceptors (Lipinski definition) is 5. The van der Waals surface area contributed by atoms with Gasteiger partial charge in [0, 0.05) is 18.8 Å². The van der Waals surface area contributed by atoms with E-state index in [0.717, 1.165) is 45.0 Å². The standard InChI is InChI=1S/C11H22N2O4S2/c1-18(14,15)9-19(16,17)13(11-4-5-11)8-10-3-2-6-12-7-10/h10-12H,2-9H2,1H3. The third-order valence-electron chi connectivity index (χ3n) is 3.51. The van der Waals surface area contributed by atoms with Crippen molar-refractivity contribution in [3.8, 4) is 0 Å². The summed E-state index contributed by atoms with van der Waals surface area (Å²) in [6.07, 6.45) is 4.73. The van der Waals surface area contributed by atoms with E-state index in [4.69, 9.17) is 0 Å². The van der Waals surface area contributed by atoms with Crippen LogP contribution in [0.4, 0.5) is 0 Å². The van der Waals surface area contributed by atoms with Crippen molar-refractivity contribution in [3.05, 3.63) is 0 Å². The Morgan fingerprint density at radius 3 is 2.32 bits per heavy atom. The fraction of sp³-hybridized carbons (Fsp3) is 1.00. The Hall–Kier alpha value is -0.180. The predicted octanol–water partition coefficient (Wildman–Crippen LogP) is -0.218. The normalized spacial score (nSPS) is 25.7. The summed E-state index contributed by atoms with van der Waals surface area (Å²) in [4.78, 5) is 0. The molecule has 112 valence electrons. The number of nitrogens with zero attached hydrogens (tertiary/aromatic N) is 1. The van der Waals surface area contributed by atoms with Crippen molar-refractivity contribution in [3.63, 3.8) is 0 Å². The summed E-state index contributed by atoms with van der Waals surface area (Å²) in [7, 11) is -7.22. The molecule has 1 saturated carbocycles. The fourth-order valence-electron chi connectivity index (χ4n) is 2.52. The third-order valence-corrected chi connectivity index (χ3v) is 7.58. The van der Waals surface area contributed by atoms with E-state index in [1.54, 1.807) is 0 Å². The van der Waals surface area contributed by atoms with Crippen molar-refractivity contribution in [1.82, 2.24) is 9.62 Å². The van der Waals surface area contributed by atoms with Crippen LogP contribution >= 0.6 is 0 Å². The summed E-state index contributed by atoms with van der Waals surface area (Å²) < 4.78 is 48.4. The fourth-order valence-corrected chi connectivity index (χ4v) is 6.33. The lowest BCUT2D eigenvalue weighted by Crippen LogP contribution is -2.43. The van der Waals surface area contributed by atoms with E-state index in [1.165, 1.54) is 4.31 Å². The van der Waals surface area contributed by atoms with Crippen molar-refractivity contribution in [1.29, 1.82) is 0 Å². The predicted molar refractivity (Wildman–Crippen MR) is 74.0 cm³/mol. The molecule has 1 aliphatic heterocycles. The lowest BCUT2D eigenvalue weighted by molar-refractivity contribution is 0.287. The van der Waals surface area contributed by atoms with Crippen molar-refractivity contribution in [2.24, 2.45) is 5.92 Å². The van der Waals surface area contributed by atoms with E-state index in [1.807, 2.05) is 0 Å². The van der Waals surface area contributed by atoms with Gasteiger partial charge in [-0.3, -0.25) is 0 Å². The molecule has 6 nitrogen and oxygen atoms in total. The zero-order valence-corrected chi connectivity index (χ0v) is 12.8. The maximum absolute atomic E-state index is 12.2. The van der Waals surface area contributed by atoms with Crippen LogP contribution in [0.15, 0.2) is 0 Å². The minimum atomic E-state index is -3.70. The average molecular weight is 310 g/mol. The van der Waals surface area contributed by atoms with E-state index in [9.17, 15) is 16.8 Å². The third kappa shape index (κ3) is 4.70. The van der Waals surface area contributed by atoms with Gasteiger partial charge in [-0.1, -0.05) is 0 Å². The van der Waals surface area contributed by atoms with E-state index in [-0.39, 0.29) is 6.04 Å². The lowest BCUT2D eigenvalue weighted by atomic mass is 10.00. The van der Waals surface area contributed by atoms with Crippen LogP contribution in [0.2, 0.25) is 0 Å². The highest BCUT2D eigenvalue weighted by Crippen LogP contribution is 2.31. The second-order valence-corrected chi connectivity index (χ2v) is 10.1. The maximum Gasteiger partial charge on any atom is 0.228 e. The van der Waals surface area contributed by atoms with Gasteiger partial charge in [-0.25, -0.2) is 16.8 Å². The number of rotatable bonds is 6. The highest BCUT2D eigenvalue weighted by molar-refractivity contribution is 8.06. The first-order chi connectivity index (χ1) is 8.78. The summed E-state index contributed by atoms with van der Waals surface area (Å²) >= 11 is 0. The molecular formula is C11H22N2O4S2. The van der Waals surface area contributed by atoms with Crippen molar-refractivity contribution in [2.45, 2.75) is 31.7 Å². The largest absolute Gasteiger partial charge is 0.316 e. The van der Waals surface area contributed by atoms with Gasteiger partial charge in [0.05, 0.1) is 0 Å². The topological polar surface area (TPSA) is 83.5 Å². The summed E-state index contributed by atoms with van der Waals surface area (Å²) in [6, 6.07) is 0.0219. The molecule has 2 aliphatic rings. The first-order valence-corrected chi connectivity index (χ1v) is 10.3. The molecular weight excluding hydrogens is 288 g/mol. The van der Waals surface area contributed by atoms with Gasteiger partial charge in [-0.2, -0.15) is 4.31 Å². The van der Waals surface area contributed by atoms with E-state index < -0.39 is 24.9 Å². The second kappa shape index (κ2) is 5.67. The Morgan fingerprint density at radius 2 is 1.84 bits per heavy atom. The molecule has 8 heteroatoms. The Bertz CT molecular complexity index is 505. The Labute approximate surface area is 115 Å². The number of nitrogens with one attached hydrogen (secondary N) is 1. The van der Waals surface area contributed by atoms with Crippen LogP contribution in [0.25, 0.3) is 0 Å². The molecule has 1 saturated heterocycles. The minimum Gasteiger partial charge on any atom is -0.316 e. The lowest BCUT2D eigenvalue weighted by Gasteiger charge is -2.29. The van der Waals surface area contributed by atoms with Gasteiger partial charge in [-0.15, -0.1) is 0 Å². The van der Waals surface area contributed by atoms with Crippen LogP contribution in [0.1, 0.15) is 25.7 Å². The zero-order chi connectivity index (χ0) is 14.1. The van der Waals surface area contributed by atoms with Gasteiger partial charge in [0.1, 0.15) is 0 Å². The first kappa shape index (κ1) is 15.2. The maximum atomic E-state index is 12.2. The molecule has 1 heterocycles.